The van der Waals surface area contributed by atoms with Gasteiger partial charge in [0, 0.05) is 25.1 Å². The molecule has 2 atom stereocenters. The SMILES string of the molecule is CCCN(CC(N)C1CCOC1)CC(F)(F)F. The van der Waals surface area contributed by atoms with E-state index in [9.17, 15) is 13.2 Å². The molecule has 2 N–H and O–H groups in total. The molecular formula is C11H21F3N2O. The fourth-order valence-corrected chi connectivity index (χ4v) is 2.14. The minimum Gasteiger partial charge on any atom is -0.381 e. The lowest BCUT2D eigenvalue weighted by Gasteiger charge is -2.28. The van der Waals surface area contributed by atoms with Crippen LogP contribution in [0.2, 0.25) is 0 Å². The number of rotatable bonds is 6. The Hall–Kier alpha value is -0.330. The molecule has 1 saturated heterocycles. The van der Waals surface area contributed by atoms with Crippen LogP contribution in [0.4, 0.5) is 13.2 Å². The van der Waals surface area contributed by atoms with E-state index in [1.165, 1.54) is 4.90 Å². The Bertz CT molecular complexity index is 217. The molecule has 1 heterocycles. The van der Waals surface area contributed by atoms with Crippen LogP contribution in [-0.2, 0) is 4.74 Å². The van der Waals surface area contributed by atoms with E-state index in [4.69, 9.17) is 10.5 Å². The van der Waals surface area contributed by atoms with E-state index < -0.39 is 12.7 Å². The zero-order chi connectivity index (χ0) is 12.9. The third-order valence-electron chi connectivity index (χ3n) is 2.98. The van der Waals surface area contributed by atoms with Gasteiger partial charge in [-0.25, -0.2) is 0 Å². The van der Waals surface area contributed by atoms with E-state index in [1.54, 1.807) is 0 Å². The van der Waals surface area contributed by atoms with Crippen LogP contribution in [0.5, 0.6) is 0 Å². The summed E-state index contributed by atoms with van der Waals surface area (Å²) < 4.78 is 42.2. The van der Waals surface area contributed by atoms with Gasteiger partial charge in [0.15, 0.2) is 0 Å². The molecule has 1 fully saturated rings. The van der Waals surface area contributed by atoms with E-state index in [-0.39, 0.29) is 12.0 Å². The van der Waals surface area contributed by atoms with Gasteiger partial charge < -0.3 is 10.5 Å². The molecular weight excluding hydrogens is 233 g/mol. The van der Waals surface area contributed by atoms with Gasteiger partial charge in [-0.2, -0.15) is 13.2 Å². The lowest BCUT2D eigenvalue weighted by Crippen LogP contribution is -2.46. The van der Waals surface area contributed by atoms with Crippen molar-refractivity contribution >= 4 is 0 Å². The van der Waals surface area contributed by atoms with Crippen molar-refractivity contribution in [2.75, 3.05) is 32.8 Å². The third kappa shape index (κ3) is 5.70. The van der Waals surface area contributed by atoms with Crippen molar-refractivity contribution in [2.24, 2.45) is 11.7 Å². The first-order chi connectivity index (χ1) is 7.92. The summed E-state index contributed by atoms with van der Waals surface area (Å²) in [6.45, 7) is 2.97. The summed E-state index contributed by atoms with van der Waals surface area (Å²) in [7, 11) is 0. The zero-order valence-electron chi connectivity index (χ0n) is 10.2. The second kappa shape index (κ2) is 6.56. The van der Waals surface area contributed by atoms with Crippen molar-refractivity contribution in [2.45, 2.75) is 32.0 Å². The number of nitrogens with two attached hydrogens (primary N) is 1. The Labute approximate surface area is 100 Å². The van der Waals surface area contributed by atoms with Gasteiger partial charge in [0.1, 0.15) is 0 Å². The Morgan fingerprint density at radius 3 is 2.65 bits per heavy atom. The molecule has 0 radical (unpaired) electrons. The summed E-state index contributed by atoms with van der Waals surface area (Å²) in [5.41, 5.74) is 5.94. The molecule has 0 aromatic heterocycles. The van der Waals surface area contributed by atoms with E-state index >= 15 is 0 Å². The van der Waals surface area contributed by atoms with Crippen LogP contribution in [-0.4, -0.2) is 50.0 Å². The number of nitrogens with zero attached hydrogens (tertiary/aromatic N) is 1. The monoisotopic (exact) mass is 254 g/mol. The highest BCUT2D eigenvalue weighted by Gasteiger charge is 2.32. The predicted octanol–water partition coefficient (Wildman–Crippen LogP) is 1.62. The zero-order valence-corrected chi connectivity index (χ0v) is 10.2. The largest absolute Gasteiger partial charge is 0.401 e. The number of hydrogen-bond acceptors (Lipinski definition) is 3. The first-order valence-electron chi connectivity index (χ1n) is 6.05. The van der Waals surface area contributed by atoms with Crippen molar-refractivity contribution in [3.63, 3.8) is 0 Å². The van der Waals surface area contributed by atoms with Crippen molar-refractivity contribution in [3.05, 3.63) is 0 Å². The van der Waals surface area contributed by atoms with Crippen LogP contribution < -0.4 is 5.73 Å². The molecule has 0 aliphatic carbocycles. The summed E-state index contributed by atoms with van der Waals surface area (Å²) >= 11 is 0. The average Bonchev–Trinajstić information content (AvgIpc) is 2.67. The maximum atomic E-state index is 12.3. The Morgan fingerprint density at radius 2 is 2.18 bits per heavy atom. The lowest BCUT2D eigenvalue weighted by atomic mass is 9.99. The van der Waals surface area contributed by atoms with Crippen LogP contribution >= 0.6 is 0 Å². The molecule has 1 rings (SSSR count). The van der Waals surface area contributed by atoms with E-state index in [2.05, 4.69) is 0 Å². The third-order valence-corrected chi connectivity index (χ3v) is 2.98. The quantitative estimate of drug-likeness (QED) is 0.783. The number of hydrogen-bond donors (Lipinski definition) is 1. The molecule has 3 nitrogen and oxygen atoms in total. The highest BCUT2D eigenvalue weighted by atomic mass is 19.4. The van der Waals surface area contributed by atoms with Gasteiger partial charge in [-0.05, 0) is 19.4 Å². The fraction of sp³-hybridized carbons (Fsp3) is 1.00. The summed E-state index contributed by atoms with van der Waals surface area (Å²) in [4.78, 5) is 1.39. The number of halogens is 3. The molecule has 17 heavy (non-hydrogen) atoms. The van der Waals surface area contributed by atoms with Gasteiger partial charge in [0.2, 0.25) is 0 Å². The van der Waals surface area contributed by atoms with Crippen LogP contribution in [0.3, 0.4) is 0 Å². The topological polar surface area (TPSA) is 38.5 Å². The molecule has 0 aromatic rings. The summed E-state index contributed by atoms with van der Waals surface area (Å²) in [6, 6.07) is -0.230. The molecule has 1 aliphatic rings. The van der Waals surface area contributed by atoms with Gasteiger partial charge in [0.05, 0.1) is 13.2 Å². The number of ether oxygens (including phenoxy) is 1. The standard InChI is InChI=1S/C11H21F3N2O/c1-2-4-16(8-11(12,13)14)6-10(15)9-3-5-17-7-9/h9-10H,2-8,15H2,1H3. The van der Waals surface area contributed by atoms with Gasteiger partial charge in [0.25, 0.3) is 0 Å². The van der Waals surface area contributed by atoms with E-state index in [0.717, 1.165) is 6.42 Å². The Morgan fingerprint density at radius 1 is 1.47 bits per heavy atom. The normalized spacial score (nSPS) is 23.3. The van der Waals surface area contributed by atoms with Gasteiger partial charge in [-0.3, -0.25) is 4.90 Å². The van der Waals surface area contributed by atoms with E-state index in [1.807, 2.05) is 6.92 Å². The van der Waals surface area contributed by atoms with Crippen LogP contribution in [0.1, 0.15) is 19.8 Å². The Balaban J connectivity index is 2.41. The number of alkyl halides is 3. The van der Waals surface area contributed by atoms with Crippen molar-refractivity contribution in [3.8, 4) is 0 Å². The first kappa shape index (κ1) is 14.7. The minimum atomic E-state index is -4.15. The molecule has 0 aromatic carbocycles. The second-order valence-corrected chi connectivity index (χ2v) is 4.64. The maximum Gasteiger partial charge on any atom is 0.401 e. The fourth-order valence-electron chi connectivity index (χ4n) is 2.14. The van der Waals surface area contributed by atoms with Crippen LogP contribution in [0.25, 0.3) is 0 Å². The first-order valence-corrected chi connectivity index (χ1v) is 6.05. The molecule has 2 unspecified atom stereocenters. The van der Waals surface area contributed by atoms with Crippen molar-refractivity contribution in [1.82, 2.24) is 4.90 Å². The van der Waals surface area contributed by atoms with Gasteiger partial charge in [-0.1, -0.05) is 6.92 Å². The summed E-state index contributed by atoms with van der Waals surface area (Å²) in [5.74, 6) is 0.197. The molecule has 6 heteroatoms. The van der Waals surface area contributed by atoms with Gasteiger partial charge in [-0.15, -0.1) is 0 Å². The molecule has 0 amide bonds. The smallest absolute Gasteiger partial charge is 0.381 e. The molecule has 0 bridgehead atoms. The van der Waals surface area contributed by atoms with Crippen LogP contribution in [0, 0.1) is 5.92 Å². The molecule has 1 aliphatic heterocycles. The Kier molecular flexibility index (Phi) is 5.69. The molecule has 0 spiro atoms. The predicted molar refractivity (Wildman–Crippen MR) is 59.7 cm³/mol. The van der Waals surface area contributed by atoms with Crippen LogP contribution in [0.15, 0.2) is 0 Å². The van der Waals surface area contributed by atoms with Crippen molar-refractivity contribution < 1.29 is 17.9 Å². The highest BCUT2D eigenvalue weighted by Crippen LogP contribution is 2.20. The summed E-state index contributed by atoms with van der Waals surface area (Å²) in [6.07, 6.45) is -2.60. The highest BCUT2D eigenvalue weighted by molar-refractivity contribution is 4.80. The van der Waals surface area contributed by atoms with Crippen molar-refractivity contribution in [1.29, 1.82) is 0 Å². The average molecular weight is 254 g/mol. The molecule has 0 saturated carbocycles. The summed E-state index contributed by atoms with van der Waals surface area (Å²) in [5, 5.41) is 0. The molecule has 102 valence electrons. The van der Waals surface area contributed by atoms with Gasteiger partial charge >= 0.3 is 6.18 Å². The maximum absolute atomic E-state index is 12.3. The second-order valence-electron chi connectivity index (χ2n) is 4.64. The minimum absolute atomic E-state index is 0.197. The lowest BCUT2D eigenvalue weighted by molar-refractivity contribution is -0.146. The van der Waals surface area contributed by atoms with E-state index in [0.29, 0.717) is 32.7 Å².